The van der Waals surface area contributed by atoms with Gasteiger partial charge in [0.05, 0.1) is 6.61 Å². The van der Waals surface area contributed by atoms with Crippen molar-refractivity contribution in [2.75, 3.05) is 6.61 Å². The standard InChI is InChI=1S/C27H30FN3O4S/c1-5-35-23-9-6-8-22-21(23)17-31(16-19-12-14-20(15-13-19)18(2)3)27(22,4)26(32)30-36(33,34)25-11-7-10-24(28)29-25/h6-15,18H,5,16-17H2,1-4H3,(H,30,32). The normalized spacial score (nSPS) is 17.7. The van der Waals surface area contributed by atoms with E-state index in [0.29, 0.717) is 36.9 Å². The maximum Gasteiger partial charge on any atom is 0.281 e. The lowest BCUT2D eigenvalue weighted by atomic mass is 9.90. The molecular formula is C27H30FN3O4S. The molecule has 1 aliphatic heterocycles. The van der Waals surface area contributed by atoms with Gasteiger partial charge in [0.15, 0.2) is 5.03 Å². The topological polar surface area (TPSA) is 88.6 Å². The number of carbonyl (C=O) groups excluding carboxylic acids is 1. The molecule has 1 amide bonds. The van der Waals surface area contributed by atoms with Crippen LogP contribution >= 0.6 is 0 Å². The van der Waals surface area contributed by atoms with Gasteiger partial charge in [0.2, 0.25) is 5.95 Å². The summed E-state index contributed by atoms with van der Waals surface area (Å²) >= 11 is 0. The Morgan fingerprint density at radius 2 is 1.83 bits per heavy atom. The first kappa shape index (κ1) is 25.8. The Bertz CT molecular complexity index is 1380. The van der Waals surface area contributed by atoms with Crippen molar-refractivity contribution in [3.05, 3.63) is 88.9 Å². The maximum atomic E-state index is 13.7. The number of carbonyl (C=O) groups is 1. The highest BCUT2D eigenvalue weighted by Crippen LogP contribution is 2.44. The van der Waals surface area contributed by atoms with Crippen molar-refractivity contribution in [1.82, 2.24) is 14.6 Å². The van der Waals surface area contributed by atoms with Gasteiger partial charge in [0.1, 0.15) is 11.3 Å². The number of hydrogen-bond donors (Lipinski definition) is 1. The Hall–Kier alpha value is -3.30. The van der Waals surface area contributed by atoms with Gasteiger partial charge in [-0.3, -0.25) is 9.69 Å². The predicted molar refractivity (Wildman–Crippen MR) is 134 cm³/mol. The van der Waals surface area contributed by atoms with Crippen LogP contribution in [0.25, 0.3) is 0 Å². The summed E-state index contributed by atoms with van der Waals surface area (Å²) in [6.45, 7) is 9.07. The maximum absolute atomic E-state index is 13.7. The molecule has 36 heavy (non-hydrogen) atoms. The highest BCUT2D eigenvalue weighted by molar-refractivity contribution is 7.90. The van der Waals surface area contributed by atoms with E-state index in [-0.39, 0.29) is 0 Å². The van der Waals surface area contributed by atoms with Crippen molar-refractivity contribution in [2.24, 2.45) is 0 Å². The van der Waals surface area contributed by atoms with E-state index in [1.807, 2.05) is 36.1 Å². The van der Waals surface area contributed by atoms with E-state index in [2.05, 4.69) is 35.7 Å². The van der Waals surface area contributed by atoms with Gasteiger partial charge in [-0.2, -0.15) is 12.8 Å². The van der Waals surface area contributed by atoms with E-state index in [0.717, 1.165) is 23.3 Å². The zero-order chi connectivity index (χ0) is 26.1. The number of nitrogens with one attached hydrogen (secondary N) is 1. The molecule has 7 nitrogen and oxygen atoms in total. The molecule has 1 aliphatic rings. The molecule has 0 radical (unpaired) electrons. The minimum absolute atomic E-state index is 0.389. The number of benzene rings is 2. The van der Waals surface area contributed by atoms with Crippen LogP contribution in [0.4, 0.5) is 4.39 Å². The monoisotopic (exact) mass is 511 g/mol. The van der Waals surface area contributed by atoms with E-state index < -0.39 is 32.4 Å². The van der Waals surface area contributed by atoms with Crippen LogP contribution in [-0.2, 0) is 33.4 Å². The lowest BCUT2D eigenvalue weighted by molar-refractivity contribution is -0.131. The molecule has 1 atom stereocenters. The summed E-state index contributed by atoms with van der Waals surface area (Å²) in [6, 6.07) is 17.0. The Morgan fingerprint density at radius 1 is 1.14 bits per heavy atom. The molecule has 0 saturated heterocycles. The molecule has 190 valence electrons. The number of rotatable bonds is 8. The Balaban J connectivity index is 1.72. The summed E-state index contributed by atoms with van der Waals surface area (Å²) in [6.07, 6.45) is 0. The summed E-state index contributed by atoms with van der Waals surface area (Å²) in [5, 5.41) is -0.559. The number of pyridine rings is 1. The van der Waals surface area contributed by atoms with E-state index in [4.69, 9.17) is 4.74 Å². The summed E-state index contributed by atoms with van der Waals surface area (Å²) in [5.74, 6) is -0.654. The average Bonchev–Trinajstić information content (AvgIpc) is 3.13. The number of aromatic nitrogens is 1. The lowest BCUT2D eigenvalue weighted by Crippen LogP contribution is -2.52. The van der Waals surface area contributed by atoms with Crippen LogP contribution in [0.1, 0.15) is 55.9 Å². The Kier molecular flexibility index (Phi) is 7.15. The third-order valence-corrected chi connectivity index (χ3v) is 7.82. The van der Waals surface area contributed by atoms with Gasteiger partial charge in [0.25, 0.3) is 15.9 Å². The van der Waals surface area contributed by atoms with Gasteiger partial charge >= 0.3 is 0 Å². The first-order chi connectivity index (χ1) is 17.1. The largest absolute Gasteiger partial charge is 0.494 e. The summed E-state index contributed by atoms with van der Waals surface area (Å²) in [7, 11) is -4.40. The van der Waals surface area contributed by atoms with E-state index in [9.17, 15) is 17.6 Å². The second-order valence-corrected chi connectivity index (χ2v) is 10.9. The van der Waals surface area contributed by atoms with Gasteiger partial charge in [-0.15, -0.1) is 0 Å². The number of hydrogen-bond acceptors (Lipinski definition) is 6. The van der Waals surface area contributed by atoms with Crippen molar-refractivity contribution < 1.29 is 22.3 Å². The lowest BCUT2D eigenvalue weighted by Gasteiger charge is -2.34. The molecule has 0 fully saturated rings. The van der Waals surface area contributed by atoms with Gasteiger partial charge in [-0.1, -0.05) is 56.3 Å². The third kappa shape index (κ3) is 4.85. The zero-order valence-electron chi connectivity index (χ0n) is 20.8. The van der Waals surface area contributed by atoms with Crippen LogP contribution in [0.5, 0.6) is 5.75 Å². The second kappa shape index (κ2) is 9.99. The van der Waals surface area contributed by atoms with Crippen LogP contribution in [0.3, 0.4) is 0 Å². The average molecular weight is 512 g/mol. The molecule has 4 rings (SSSR count). The molecule has 1 unspecified atom stereocenters. The Morgan fingerprint density at radius 3 is 2.47 bits per heavy atom. The van der Waals surface area contributed by atoms with Gasteiger partial charge in [-0.25, -0.2) is 9.71 Å². The van der Waals surface area contributed by atoms with Crippen molar-refractivity contribution in [2.45, 2.75) is 57.3 Å². The number of nitrogens with zero attached hydrogens (tertiary/aromatic N) is 2. The van der Waals surface area contributed by atoms with Gasteiger partial charge in [-0.05, 0) is 54.7 Å². The molecule has 2 heterocycles. The van der Waals surface area contributed by atoms with E-state index in [1.54, 1.807) is 13.0 Å². The van der Waals surface area contributed by atoms with Crippen LogP contribution in [0, 0.1) is 5.95 Å². The first-order valence-electron chi connectivity index (χ1n) is 11.8. The Labute approximate surface area is 211 Å². The number of amides is 1. The molecule has 1 N–H and O–H groups in total. The number of halogens is 1. The zero-order valence-corrected chi connectivity index (χ0v) is 21.6. The van der Waals surface area contributed by atoms with Crippen LogP contribution < -0.4 is 9.46 Å². The summed E-state index contributed by atoms with van der Waals surface area (Å²) in [5.41, 5.74) is 2.35. The number of ether oxygens (including phenoxy) is 1. The molecule has 9 heteroatoms. The molecule has 0 spiro atoms. The molecule has 1 aromatic heterocycles. The van der Waals surface area contributed by atoms with Crippen molar-refractivity contribution in [1.29, 1.82) is 0 Å². The molecule has 2 aromatic carbocycles. The van der Waals surface area contributed by atoms with Crippen LogP contribution in [0.2, 0.25) is 0 Å². The number of sulfonamides is 1. The first-order valence-corrected chi connectivity index (χ1v) is 13.3. The predicted octanol–water partition coefficient (Wildman–Crippen LogP) is 4.48. The highest BCUT2D eigenvalue weighted by atomic mass is 32.2. The molecule has 0 saturated carbocycles. The molecule has 3 aromatic rings. The number of fused-ring (bicyclic) bond motifs is 1. The van der Waals surface area contributed by atoms with E-state index >= 15 is 0 Å². The highest BCUT2D eigenvalue weighted by Gasteiger charge is 2.49. The summed E-state index contributed by atoms with van der Waals surface area (Å²) in [4.78, 5) is 19.1. The van der Waals surface area contributed by atoms with Crippen LogP contribution in [0.15, 0.2) is 65.7 Å². The van der Waals surface area contributed by atoms with Crippen molar-refractivity contribution in [3.63, 3.8) is 0 Å². The van der Waals surface area contributed by atoms with Crippen LogP contribution in [-0.4, -0.2) is 30.8 Å². The van der Waals surface area contributed by atoms with Crippen molar-refractivity contribution in [3.8, 4) is 5.75 Å². The third-order valence-electron chi connectivity index (χ3n) is 6.59. The fraction of sp³-hybridized carbons (Fsp3) is 0.333. The fourth-order valence-electron chi connectivity index (χ4n) is 4.52. The fourth-order valence-corrected chi connectivity index (χ4v) is 5.53. The smallest absolute Gasteiger partial charge is 0.281 e. The summed E-state index contributed by atoms with van der Waals surface area (Å²) < 4.78 is 47.4. The van der Waals surface area contributed by atoms with E-state index in [1.165, 1.54) is 11.6 Å². The molecule has 0 bridgehead atoms. The minimum atomic E-state index is -4.40. The minimum Gasteiger partial charge on any atom is -0.494 e. The molecule has 0 aliphatic carbocycles. The molecular weight excluding hydrogens is 481 g/mol. The van der Waals surface area contributed by atoms with Gasteiger partial charge < -0.3 is 4.74 Å². The second-order valence-electron chi connectivity index (χ2n) is 9.27. The quantitative estimate of drug-likeness (QED) is 0.449. The van der Waals surface area contributed by atoms with Gasteiger partial charge in [0, 0.05) is 18.7 Å². The van der Waals surface area contributed by atoms with Crippen molar-refractivity contribution >= 4 is 15.9 Å². The SMILES string of the molecule is CCOc1cccc2c1CN(Cc1ccc(C(C)C)cc1)C2(C)C(=O)NS(=O)(=O)c1cccc(F)n1.